The van der Waals surface area contributed by atoms with Gasteiger partial charge in [0.2, 0.25) is 0 Å². The lowest BCUT2D eigenvalue weighted by atomic mass is 10.0. The third-order valence-corrected chi connectivity index (χ3v) is 4.48. The van der Waals surface area contributed by atoms with Crippen molar-refractivity contribution in [3.05, 3.63) is 11.1 Å². The molecule has 0 bridgehead atoms. The lowest BCUT2D eigenvalue weighted by Crippen LogP contribution is -2.46. The SMILES string of the molecule is C[C@H]1CCCCN1C(=O)C1=CSCN1CC(C)(C)O. The molecule has 2 rings (SSSR count). The van der Waals surface area contributed by atoms with Crippen LogP contribution in [-0.4, -0.2) is 51.4 Å². The van der Waals surface area contributed by atoms with E-state index in [0.717, 1.165) is 31.0 Å². The van der Waals surface area contributed by atoms with Gasteiger partial charge in [0.15, 0.2) is 0 Å². The number of carbonyl (C=O) groups excluding carboxylic acids is 1. The van der Waals surface area contributed by atoms with Crippen molar-refractivity contribution < 1.29 is 9.90 Å². The molecule has 5 heteroatoms. The summed E-state index contributed by atoms with van der Waals surface area (Å²) in [5.74, 6) is 0.884. The van der Waals surface area contributed by atoms with E-state index in [0.29, 0.717) is 12.6 Å². The minimum atomic E-state index is -0.780. The lowest BCUT2D eigenvalue weighted by Gasteiger charge is -2.36. The van der Waals surface area contributed by atoms with Crippen LogP contribution in [0.5, 0.6) is 0 Å². The van der Waals surface area contributed by atoms with Crippen LogP contribution < -0.4 is 0 Å². The Balaban J connectivity index is 2.05. The van der Waals surface area contributed by atoms with E-state index in [-0.39, 0.29) is 5.91 Å². The Morgan fingerprint density at radius 3 is 2.89 bits per heavy atom. The number of amides is 1. The monoisotopic (exact) mass is 284 g/mol. The molecule has 0 spiro atoms. The highest BCUT2D eigenvalue weighted by Gasteiger charge is 2.32. The maximum Gasteiger partial charge on any atom is 0.270 e. The van der Waals surface area contributed by atoms with Crippen LogP contribution in [0.2, 0.25) is 0 Å². The molecule has 0 aromatic carbocycles. The summed E-state index contributed by atoms with van der Waals surface area (Å²) in [6, 6.07) is 0.330. The molecule has 1 amide bonds. The summed E-state index contributed by atoms with van der Waals surface area (Å²) in [7, 11) is 0. The van der Waals surface area contributed by atoms with E-state index in [1.54, 1.807) is 25.6 Å². The van der Waals surface area contributed by atoms with Gasteiger partial charge in [0, 0.05) is 24.5 Å². The van der Waals surface area contributed by atoms with E-state index in [1.807, 2.05) is 15.2 Å². The predicted molar refractivity (Wildman–Crippen MR) is 78.6 cm³/mol. The first-order chi connectivity index (χ1) is 8.88. The first-order valence-corrected chi connectivity index (χ1v) is 8.03. The summed E-state index contributed by atoms with van der Waals surface area (Å²) >= 11 is 1.63. The quantitative estimate of drug-likeness (QED) is 0.861. The maximum absolute atomic E-state index is 12.6. The van der Waals surface area contributed by atoms with Gasteiger partial charge in [-0.25, -0.2) is 0 Å². The van der Waals surface area contributed by atoms with E-state index < -0.39 is 5.60 Å². The van der Waals surface area contributed by atoms with Gasteiger partial charge in [-0.15, -0.1) is 11.8 Å². The highest BCUT2D eigenvalue weighted by Crippen LogP contribution is 2.28. The van der Waals surface area contributed by atoms with Crippen molar-refractivity contribution in [1.29, 1.82) is 0 Å². The fourth-order valence-electron chi connectivity index (χ4n) is 2.68. The zero-order valence-corrected chi connectivity index (χ0v) is 12.9. The summed E-state index contributed by atoms with van der Waals surface area (Å²) in [6.07, 6.45) is 3.41. The third-order valence-electron chi connectivity index (χ3n) is 3.63. The van der Waals surface area contributed by atoms with Gasteiger partial charge in [-0.1, -0.05) is 0 Å². The number of aliphatic hydroxyl groups is 1. The number of nitrogens with zero attached hydrogens (tertiary/aromatic N) is 2. The molecule has 2 aliphatic rings. The predicted octanol–water partition coefficient (Wildman–Crippen LogP) is 2.01. The average Bonchev–Trinajstić information content (AvgIpc) is 2.74. The average molecular weight is 284 g/mol. The number of likely N-dealkylation sites (tertiary alicyclic amines) is 1. The molecule has 1 saturated heterocycles. The fourth-order valence-corrected chi connectivity index (χ4v) is 3.57. The van der Waals surface area contributed by atoms with Crippen LogP contribution in [0.25, 0.3) is 0 Å². The molecule has 4 nitrogen and oxygen atoms in total. The van der Waals surface area contributed by atoms with Crippen molar-refractivity contribution in [2.24, 2.45) is 0 Å². The molecule has 2 aliphatic heterocycles. The maximum atomic E-state index is 12.6. The Labute approximate surface area is 119 Å². The number of rotatable bonds is 3. The number of carbonyl (C=O) groups is 1. The number of piperidine rings is 1. The third kappa shape index (κ3) is 3.66. The molecular formula is C14H24N2O2S. The molecule has 1 N–H and O–H groups in total. The number of thioether (sulfide) groups is 1. The molecule has 1 fully saturated rings. The second kappa shape index (κ2) is 5.75. The molecule has 0 aromatic rings. The largest absolute Gasteiger partial charge is 0.389 e. The van der Waals surface area contributed by atoms with Crippen molar-refractivity contribution in [2.75, 3.05) is 19.0 Å². The molecule has 1 atom stereocenters. The van der Waals surface area contributed by atoms with Gasteiger partial charge >= 0.3 is 0 Å². The van der Waals surface area contributed by atoms with Gasteiger partial charge in [0.05, 0.1) is 11.5 Å². The minimum absolute atomic E-state index is 0.126. The number of hydrogen-bond donors (Lipinski definition) is 1. The molecule has 0 aliphatic carbocycles. The van der Waals surface area contributed by atoms with Gasteiger partial charge in [-0.2, -0.15) is 0 Å². The van der Waals surface area contributed by atoms with E-state index in [9.17, 15) is 9.90 Å². The Kier molecular flexibility index (Phi) is 4.46. The number of β-amino-alcohol motifs (C(OH)–C–C–N with tert-alkyl or cyclic N) is 1. The van der Waals surface area contributed by atoms with Crippen LogP contribution >= 0.6 is 11.8 Å². The van der Waals surface area contributed by atoms with Crippen LogP contribution in [0.4, 0.5) is 0 Å². The molecule has 0 radical (unpaired) electrons. The van der Waals surface area contributed by atoms with Gasteiger partial charge in [-0.05, 0) is 40.0 Å². The normalized spacial score (nSPS) is 24.6. The lowest BCUT2D eigenvalue weighted by molar-refractivity contribution is -0.132. The van der Waals surface area contributed by atoms with Crippen LogP contribution in [-0.2, 0) is 4.79 Å². The van der Waals surface area contributed by atoms with Crippen molar-refractivity contribution in [1.82, 2.24) is 9.80 Å². The summed E-state index contributed by atoms with van der Waals surface area (Å²) in [4.78, 5) is 16.6. The zero-order chi connectivity index (χ0) is 14.0. The van der Waals surface area contributed by atoms with Crippen LogP contribution in [0, 0.1) is 0 Å². The molecule has 0 saturated carbocycles. The Morgan fingerprint density at radius 2 is 2.26 bits per heavy atom. The van der Waals surface area contributed by atoms with Crippen molar-refractivity contribution in [2.45, 2.75) is 51.7 Å². The Bertz CT molecular complexity index is 376. The first-order valence-electron chi connectivity index (χ1n) is 6.98. The standard InChI is InChI=1S/C14H24N2O2S/c1-11-6-4-5-7-16(11)13(17)12-8-19-10-15(12)9-14(2,3)18/h8,11,18H,4-7,9-10H2,1-3H3/t11-/m0/s1. The second-order valence-electron chi connectivity index (χ2n) is 6.15. The first kappa shape index (κ1) is 14.7. The van der Waals surface area contributed by atoms with Crippen LogP contribution in [0.1, 0.15) is 40.0 Å². The fraction of sp³-hybridized carbons (Fsp3) is 0.786. The minimum Gasteiger partial charge on any atom is -0.389 e. The summed E-state index contributed by atoms with van der Waals surface area (Å²) in [6.45, 7) is 7.04. The highest BCUT2D eigenvalue weighted by atomic mass is 32.2. The van der Waals surface area contributed by atoms with Gasteiger partial charge in [-0.3, -0.25) is 4.79 Å². The van der Waals surface area contributed by atoms with Gasteiger partial charge in [0.25, 0.3) is 5.91 Å². The molecule has 19 heavy (non-hydrogen) atoms. The second-order valence-corrected chi connectivity index (χ2v) is 6.98. The zero-order valence-electron chi connectivity index (χ0n) is 12.1. The van der Waals surface area contributed by atoms with Crippen LogP contribution in [0.3, 0.4) is 0 Å². The molecule has 0 unspecified atom stereocenters. The molecule has 0 aromatic heterocycles. The van der Waals surface area contributed by atoms with Crippen molar-refractivity contribution in [3.63, 3.8) is 0 Å². The Hall–Kier alpha value is -0.680. The summed E-state index contributed by atoms with van der Waals surface area (Å²) in [5, 5.41) is 11.9. The van der Waals surface area contributed by atoms with Gasteiger partial charge < -0.3 is 14.9 Å². The molecule has 2 heterocycles. The smallest absolute Gasteiger partial charge is 0.270 e. The van der Waals surface area contributed by atoms with Crippen molar-refractivity contribution >= 4 is 17.7 Å². The van der Waals surface area contributed by atoms with Crippen LogP contribution in [0.15, 0.2) is 11.1 Å². The summed E-state index contributed by atoms with van der Waals surface area (Å²) < 4.78 is 0. The Morgan fingerprint density at radius 1 is 1.53 bits per heavy atom. The molecule has 108 valence electrons. The topological polar surface area (TPSA) is 43.8 Å². The van der Waals surface area contributed by atoms with E-state index >= 15 is 0 Å². The van der Waals surface area contributed by atoms with E-state index in [4.69, 9.17) is 0 Å². The number of hydrogen-bond acceptors (Lipinski definition) is 4. The van der Waals surface area contributed by atoms with Crippen molar-refractivity contribution in [3.8, 4) is 0 Å². The molecular weight excluding hydrogens is 260 g/mol. The highest BCUT2D eigenvalue weighted by molar-refractivity contribution is 8.02. The van der Waals surface area contributed by atoms with E-state index in [2.05, 4.69) is 6.92 Å². The summed E-state index contributed by atoms with van der Waals surface area (Å²) in [5.41, 5.74) is -0.0292. The van der Waals surface area contributed by atoms with Gasteiger partial charge in [0.1, 0.15) is 5.70 Å². The van der Waals surface area contributed by atoms with E-state index in [1.165, 1.54) is 6.42 Å².